The highest BCUT2D eigenvalue weighted by Crippen LogP contribution is 2.33. The smallest absolute Gasteiger partial charge is 0.411 e. The summed E-state index contributed by atoms with van der Waals surface area (Å²) in [5.74, 6) is -3.14. The molecule has 0 aliphatic carbocycles. The number of likely N-dealkylation sites (tertiary alicyclic amines) is 1. The van der Waals surface area contributed by atoms with E-state index in [4.69, 9.17) is 32.1 Å². The van der Waals surface area contributed by atoms with Gasteiger partial charge in [0.2, 0.25) is 0 Å². The Labute approximate surface area is 368 Å². The van der Waals surface area contributed by atoms with Crippen LogP contribution in [0.1, 0.15) is 76.7 Å². The van der Waals surface area contributed by atoms with Crippen LogP contribution in [-0.4, -0.2) is 91.8 Å². The number of aliphatic hydroxyl groups is 2. The van der Waals surface area contributed by atoms with Gasteiger partial charge in [0.05, 0.1) is 50.7 Å². The van der Waals surface area contributed by atoms with Crippen molar-refractivity contribution in [1.82, 2.24) is 19.8 Å². The molecule has 4 heterocycles. The van der Waals surface area contributed by atoms with Crippen molar-refractivity contribution >= 4 is 29.1 Å². The molecule has 2 aromatic carbocycles. The summed E-state index contributed by atoms with van der Waals surface area (Å²) in [6.07, 6.45) is 1.02. The summed E-state index contributed by atoms with van der Waals surface area (Å²) in [5, 5.41) is 19.4. The van der Waals surface area contributed by atoms with Crippen molar-refractivity contribution in [2.24, 2.45) is 0 Å². The second-order valence-corrected chi connectivity index (χ2v) is 16.8. The lowest BCUT2D eigenvalue weighted by molar-refractivity contribution is 0.0172. The minimum absolute atomic E-state index is 0.00702. The van der Waals surface area contributed by atoms with E-state index in [2.05, 4.69) is 19.7 Å². The number of hydrogen-bond acceptors (Lipinski definition) is 10. The molecule has 14 nitrogen and oxygen atoms in total. The Hall–Kier alpha value is -6.76. The molecule has 0 radical (unpaired) electrons. The Morgan fingerprint density at radius 3 is 1.72 bits per heavy atom. The molecule has 0 spiro atoms. The number of carbonyl (C=O) groups excluding carboxylic acids is 2. The lowest BCUT2D eigenvalue weighted by Gasteiger charge is -2.27. The molecule has 2 aromatic heterocycles. The van der Waals surface area contributed by atoms with Gasteiger partial charge in [0.1, 0.15) is 47.4 Å². The molecule has 1 unspecified atom stereocenters. The Morgan fingerprint density at radius 1 is 0.719 bits per heavy atom. The number of rotatable bonds is 10. The lowest BCUT2D eigenvalue weighted by atomic mass is 10.0. The molecule has 2 aliphatic heterocycles. The summed E-state index contributed by atoms with van der Waals surface area (Å²) in [6, 6.07) is 11.9. The van der Waals surface area contributed by atoms with Crippen molar-refractivity contribution in [2.45, 2.75) is 90.4 Å². The molecule has 338 valence electrons. The third-order valence-corrected chi connectivity index (χ3v) is 9.63. The number of ether oxygens (including phenoxy) is 4. The molecular formula is C46H48F4N6O8. The third kappa shape index (κ3) is 12.7. The van der Waals surface area contributed by atoms with Gasteiger partial charge in [-0.1, -0.05) is 18.2 Å². The summed E-state index contributed by atoms with van der Waals surface area (Å²) in [7, 11) is 0. The van der Waals surface area contributed by atoms with Crippen molar-refractivity contribution in [3.8, 4) is 11.5 Å². The molecule has 0 bridgehead atoms. The summed E-state index contributed by atoms with van der Waals surface area (Å²) < 4.78 is 78.2. The maximum Gasteiger partial charge on any atom is 0.411 e. The number of aromatic nitrogens is 2. The normalized spacial score (nSPS) is 17.1. The Kier molecular flexibility index (Phi) is 15.5. The second kappa shape index (κ2) is 20.6. The van der Waals surface area contributed by atoms with E-state index in [1.165, 1.54) is 58.3 Å². The molecule has 64 heavy (non-hydrogen) atoms. The molecule has 2 N–H and O–H groups in total. The van der Waals surface area contributed by atoms with Gasteiger partial charge in [-0.25, -0.2) is 41.8 Å². The maximum absolute atomic E-state index is 14.3. The van der Waals surface area contributed by atoms with Crippen molar-refractivity contribution in [1.29, 1.82) is 0 Å². The standard InChI is InChI=1S/C23H25F2N3O4.C23H23F2N3O4/c2*1-23(2,3)32-22(30)28-11-14(9-16(28)12-29)19-7-6-17(24)20(27-19)13-31-21-8-5-15(26-4)10-18(21)25/h5-8,10,14,16,29H,9,11-13H2,1-3H3;5-10,16,29H,11-13H2,1-3H3/t14?,16-;16-/m11/s1. The van der Waals surface area contributed by atoms with Crippen molar-refractivity contribution in [3.05, 3.63) is 136 Å². The molecule has 3 atom stereocenters. The highest BCUT2D eigenvalue weighted by Gasteiger charge is 2.39. The minimum atomic E-state index is -0.729. The minimum Gasteiger partial charge on any atom is -0.484 e. The van der Waals surface area contributed by atoms with Gasteiger partial charge in [-0.15, -0.1) is 0 Å². The van der Waals surface area contributed by atoms with Crippen molar-refractivity contribution < 1.29 is 56.3 Å². The van der Waals surface area contributed by atoms with Crippen LogP contribution < -0.4 is 9.47 Å². The number of aliphatic hydroxyl groups excluding tert-OH is 2. The van der Waals surface area contributed by atoms with Gasteiger partial charge < -0.3 is 34.1 Å². The van der Waals surface area contributed by atoms with Crippen LogP contribution in [0.15, 0.2) is 66.7 Å². The van der Waals surface area contributed by atoms with E-state index in [0.717, 1.165) is 12.1 Å². The second-order valence-electron chi connectivity index (χ2n) is 16.8. The van der Waals surface area contributed by atoms with E-state index in [1.807, 2.05) is 0 Å². The van der Waals surface area contributed by atoms with Crippen LogP contribution in [0.3, 0.4) is 0 Å². The van der Waals surface area contributed by atoms with Gasteiger partial charge in [0.25, 0.3) is 0 Å². The van der Waals surface area contributed by atoms with Crippen LogP contribution in [0.25, 0.3) is 15.3 Å². The van der Waals surface area contributed by atoms with Gasteiger partial charge in [-0.05, 0) is 102 Å². The van der Waals surface area contributed by atoms with E-state index >= 15 is 0 Å². The fourth-order valence-corrected chi connectivity index (χ4v) is 6.60. The zero-order valence-corrected chi connectivity index (χ0v) is 36.1. The molecule has 6 rings (SSSR count). The fraction of sp³-hybridized carbons (Fsp3) is 0.391. The van der Waals surface area contributed by atoms with Crippen LogP contribution in [0, 0.1) is 36.4 Å². The third-order valence-electron chi connectivity index (χ3n) is 9.63. The molecule has 4 aromatic rings. The number of halogens is 4. The Morgan fingerprint density at radius 2 is 1.23 bits per heavy atom. The average Bonchev–Trinajstić information content (AvgIpc) is 3.88. The van der Waals surface area contributed by atoms with Crippen LogP contribution in [-0.2, 0) is 22.7 Å². The number of carbonyl (C=O) groups is 2. The van der Waals surface area contributed by atoms with E-state index in [-0.39, 0.29) is 79.7 Å². The molecule has 2 amide bonds. The van der Waals surface area contributed by atoms with Gasteiger partial charge >= 0.3 is 12.2 Å². The molecule has 18 heteroatoms. The zero-order valence-electron chi connectivity index (χ0n) is 36.1. The van der Waals surface area contributed by atoms with Crippen LogP contribution in [0.5, 0.6) is 11.5 Å². The predicted molar refractivity (Wildman–Crippen MR) is 225 cm³/mol. The summed E-state index contributed by atoms with van der Waals surface area (Å²) in [6.45, 7) is 23.5. The van der Waals surface area contributed by atoms with Gasteiger partial charge in [0.15, 0.2) is 34.5 Å². The number of pyridine rings is 2. The number of amides is 2. The zero-order chi connectivity index (χ0) is 46.9. The maximum atomic E-state index is 14.3. The van der Waals surface area contributed by atoms with E-state index < -0.39 is 58.7 Å². The van der Waals surface area contributed by atoms with E-state index in [1.54, 1.807) is 47.6 Å². The van der Waals surface area contributed by atoms with Crippen LogP contribution >= 0.6 is 0 Å². The molecule has 1 fully saturated rings. The first kappa shape index (κ1) is 48.3. The summed E-state index contributed by atoms with van der Waals surface area (Å²) in [4.78, 5) is 42.7. The highest BCUT2D eigenvalue weighted by atomic mass is 19.1. The quantitative estimate of drug-likeness (QED) is 0.117. The molecule has 2 aliphatic rings. The topological polar surface area (TPSA) is 152 Å². The molecular weight excluding hydrogens is 841 g/mol. The predicted octanol–water partition coefficient (Wildman–Crippen LogP) is 9.06. The van der Waals surface area contributed by atoms with Crippen molar-refractivity contribution in [2.75, 3.05) is 26.3 Å². The molecule has 0 saturated carbocycles. The largest absolute Gasteiger partial charge is 0.484 e. The molecule has 1 saturated heterocycles. The summed E-state index contributed by atoms with van der Waals surface area (Å²) in [5.41, 5.74) is 0.398. The van der Waals surface area contributed by atoms with E-state index in [0.29, 0.717) is 23.4 Å². The SMILES string of the molecule is [C-]#[N+]c1ccc(OCc2nc(C3=C[C@H](CO)N(C(=O)OC(C)(C)C)C3)ccc2F)c(F)c1.[C-]#[N+]c1ccc(OCc2nc(C3C[C@H](CO)N(C(=O)OC(C)(C)C)C3)ccc2F)c(F)c1. The Bertz CT molecular complexity index is 2430. The Balaban J connectivity index is 0.000000241. The number of benzene rings is 2. The van der Waals surface area contributed by atoms with Crippen LogP contribution in [0.4, 0.5) is 38.5 Å². The van der Waals surface area contributed by atoms with Gasteiger partial charge in [0, 0.05) is 18.2 Å². The first-order valence-corrected chi connectivity index (χ1v) is 20.0. The fourth-order valence-electron chi connectivity index (χ4n) is 6.60. The van der Waals surface area contributed by atoms with Gasteiger partial charge in [-0.2, -0.15) is 0 Å². The first-order valence-electron chi connectivity index (χ1n) is 20.0. The van der Waals surface area contributed by atoms with Crippen molar-refractivity contribution in [3.63, 3.8) is 0 Å². The highest BCUT2D eigenvalue weighted by molar-refractivity contribution is 5.77. The summed E-state index contributed by atoms with van der Waals surface area (Å²) >= 11 is 0. The van der Waals surface area contributed by atoms with Gasteiger partial charge in [-0.3, -0.25) is 9.88 Å². The number of hydrogen-bond donors (Lipinski definition) is 2. The van der Waals surface area contributed by atoms with E-state index in [9.17, 15) is 37.4 Å². The average molecular weight is 889 g/mol. The lowest BCUT2D eigenvalue weighted by Crippen LogP contribution is -2.41. The van der Waals surface area contributed by atoms with Crippen LogP contribution in [0.2, 0.25) is 0 Å². The first-order chi connectivity index (χ1) is 30.2. The number of nitrogens with zero attached hydrogens (tertiary/aromatic N) is 6. The monoisotopic (exact) mass is 888 g/mol.